The first-order valence-corrected chi connectivity index (χ1v) is 14.3. The van der Waals surface area contributed by atoms with Crippen molar-refractivity contribution in [3.63, 3.8) is 0 Å². The van der Waals surface area contributed by atoms with E-state index in [1.165, 1.54) is 28.4 Å². The molecule has 0 spiro atoms. The highest BCUT2D eigenvalue weighted by molar-refractivity contribution is 8.26. The van der Waals surface area contributed by atoms with E-state index in [1.807, 2.05) is 72.8 Å². The Kier molecular flexibility index (Phi) is 8.18. The average molecular weight is 580 g/mol. The van der Waals surface area contributed by atoms with Gasteiger partial charge in [-0.25, -0.2) is 4.98 Å². The van der Waals surface area contributed by atoms with Gasteiger partial charge in [0.1, 0.15) is 10.1 Å². The predicted molar refractivity (Wildman–Crippen MR) is 159 cm³/mol. The fourth-order valence-electron chi connectivity index (χ4n) is 3.93. The largest absolute Gasteiger partial charge is 0.497 e. The van der Waals surface area contributed by atoms with Crippen LogP contribution in [0.5, 0.6) is 5.75 Å². The number of para-hydroxylation sites is 2. The monoisotopic (exact) mass is 579 g/mol. The number of halogens is 1. The number of aromatic nitrogens is 2. The summed E-state index contributed by atoms with van der Waals surface area (Å²) in [7, 11) is 1.61. The van der Waals surface area contributed by atoms with Crippen LogP contribution in [0.3, 0.4) is 0 Å². The summed E-state index contributed by atoms with van der Waals surface area (Å²) >= 11 is 14.2. The van der Waals surface area contributed by atoms with Gasteiger partial charge in [0, 0.05) is 23.7 Å². The lowest BCUT2D eigenvalue weighted by Crippen LogP contribution is -2.31. The average Bonchev–Trinajstić information content (AvgIpc) is 3.43. The quantitative estimate of drug-likeness (QED) is 0.127. The number of carbonyl (C=O) groups is 2. The second kappa shape index (κ2) is 11.7. The van der Waals surface area contributed by atoms with Gasteiger partial charge in [0.05, 0.1) is 23.0 Å². The molecule has 10 heteroatoms. The summed E-state index contributed by atoms with van der Waals surface area (Å²) in [5, 5.41) is 1.28. The molecule has 4 aromatic rings. The van der Waals surface area contributed by atoms with Crippen molar-refractivity contribution in [1.29, 1.82) is 0 Å². The van der Waals surface area contributed by atoms with Gasteiger partial charge in [0.2, 0.25) is 5.91 Å². The Morgan fingerprint density at radius 2 is 1.84 bits per heavy atom. The maximum atomic E-state index is 13.5. The minimum absolute atomic E-state index is 0.108. The molecule has 0 saturated carbocycles. The zero-order valence-electron chi connectivity index (χ0n) is 20.3. The van der Waals surface area contributed by atoms with Crippen LogP contribution in [0.25, 0.3) is 17.1 Å². The van der Waals surface area contributed by atoms with Crippen molar-refractivity contribution in [2.75, 3.05) is 13.7 Å². The molecule has 1 aliphatic heterocycles. The first-order chi connectivity index (χ1) is 18.4. The Hall–Kier alpha value is -3.11. The molecule has 6 nitrogen and oxygen atoms in total. The third-order valence-electron chi connectivity index (χ3n) is 5.90. The number of imidazole rings is 1. The normalized spacial score (nSPS) is 14.6. The third kappa shape index (κ3) is 5.81. The Morgan fingerprint density at radius 3 is 2.58 bits per heavy atom. The summed E-state index contributed by atoms with van der Waals surface area (Å²) in [5.74, 6) is 1.03. The van der Waals surface area contributed by atoms with Crippen LogP contribution in [0.4, 0.5) is 0 Å². The first-order valence-electron chi connectivity index (χ1n) is 11.7. The van der Waals surface area contributed by atoms with Gasteiger partial charge < -0.3 is 4.74 Å². The number of hydrogen-bond donors (Lipinski definition) is 0. The van der Waals surface area contributed by atoms with Crippen LogP contribution >= 0.6 is 47.3 Å². The van der Waals surface area contributed by atoms with E-state index >= 15 is 0 Å². The van der Waals surface area contributed by atoms with Crippen LogP contribution in [-0.2, 0) is 10.5 Å². The highest BCUT2D eigenvalue weighted by Crippen LogP contribution is 2.33. The molecule has 192 valence electrons. The molecule has 3 aromatic carbocycles. The third-order valence-corrected chi connectivity index (χ3v) is 8.54. The first kappa shape index (κ1) is 26.5. The van der Waals surface area contributed by atoms with Crippen LogP contribution in [0.1, 0.15) is 22.3 Å². The summed E-state index contributed by atoms with van der Waals surface area (Å²) in [4.78, 5) is 33.3. The number of nitrogens with zero attached hydrogens (tertiary/aromatic N) is 3. The minimum atomic E-state index is -0.198. The maximum absolute atomic E-state index is 13.5. The van der Waals surface area contributed by atoms with Crippen molar-refractivity contribution in [3.8, 4) is 5.75 Å². The number of benzene rings is 3. The molecule has 1 saturated heterocycles. The molecule has 38 heavy (non-hydrogen) atoms. The summed E-state index contributed by atoms with van der Waals surface area (Å²) in [5.41, 5.74) is 3.43. The molecule has 0 radical (unpaired) electrons. The standard InChI is InChI=1S/C28H22ClN3O3S3/c1-35-21-12-8-18(9-13-21)16-24-26(34)31(28(36)38-24)15-14-25(33)32-23-5-3-2-4-22(23)30-27(32)37-17-19-6-10-20(29)11-7-19/h2-13,16H,14-15,17H2,1H3. The lowest BCUT2D eigenvalue weighted by molar-refractivity contribution is -0.122. The van der Waals surface area contributed by atoms with Gasteiger partial charge in [-0.15, -0.1) is 0 Å². The van der Waals surface area contributed by atoms with Crippen molar-refractivity contribution < 1.29 is 14.3 Å². The number of amides is 1. The molecule has 1 aromatic heterocycles. The van der Waals surface area contributed by atoms with Crippen LogP contribution in [0.2, 0.25) is 5.02 Å². The maximum Gasteiger partial charge on any atom is 0.266 e. The molecular formula is C28H22ClN3O3S3. The van der Waals surface area contributed by atoms with E-state index in [2.05, 4.69) is 0 Å². The summed E-state index contributed by atoms with van der Waals surface area (Å²) in [6.45, 7) is 0.192. The van der Waals surface area contributed by atoms with E-state index in [9.17, 15) is 9.59 Å². The van der Waals surface area contributed by atoms with Gasteiger partial charge in [0.15, 0.2) is 5.16 Å². The van der Waals surface area contributed by atoms with Gasteiger partial charge >= 0.3 is 0 Å². The van der Waals surface area contributed by atoms with E-state index in [-0.39, 0.29) is 24.8 Å². The van der Waals surface area contributed by atoms with E-state index in [1.54, 1.807) is 17.8 Å². The number of thioether (sulfide) groups is 2. The number of hydrogen-bond acceptors (Lipinski definition) is 7. The topological polar surface area (TPSA) is 64.4 Å². The smallest absolute Gasteiger partial charge is 0.266 e. The SMILES string of the molecule is COc1ccc(C=C2SC(=S)N(CCC(=O)n3c(SCc4ccc(Cl)cc4)nc4ccccc43)C2=O)cc1. The molecule has 0 bridgehead atoms. The second-order valence-corrected chi connectivity index (χ2v) is 11.4. The fourth-order valence-corrected chi connectivity index (χ4v) is 6.35. The molecule has 1 fully saturated rings. The predicted octanol–water partition coefficient (Wildman–Crippen LogP) is 6.92. The molecule has 0 atom stereocenters. The summed E-state index contributed by atoms with van der Waals surface area (Å²) in [6, 6.07) is 22.6. The highest BCUT2D eigenvalue weighted by atomic mass is 35.5. The van der Waals surface area contributed by atoms with Crippen molar-refractivity contribution in [3.05, 3.63) is 93.9 Å². The van der Waals surface area contributed by atoms with E-state index < -0.39 is 0 Å². The minimum Gasteiger partial charge on any atom is -0.497 e. The van der Waals surface area contributed by atoms with Crippen LogP contribution in [-0.4, -0.2) is 44.2 Å². The number of fused-ring (bicyclic) bond motifs is 1. The van der Waals surface area contributed by atoms with Crippen molar-refractivity contribution >= 4 is 80.6 Å². The van der Waals surface area contributed by atoms with Gasteiger partial charge in [-0.1, -0.05) is 83.7 Å². The molecule has 1 aliphatic rings. The molecule has 2 heterocycles. The lowest BCUT2D eigenvalue weighted by Gasteiger charge is -2.15. The Bertz CT molecular complexity index is 1550. The summed E-state index contributed by atoms with van der Waals surface area (Å²) < 4.78 is 7.27. The molecule has 0 unspecified atom stereocenters. The number of thiocarbonyl (C=S) groups is 1. The van der Waals surface area contributed by atoms with Gasteiger partial charge in [-0.2, -0.15) is 0 Å². The lowest BCUT2D eigenvalue weighted by atomic mass is 10.2. The number of carbonyl (C=O) groups excluding carboxylic acids is 2. The molecular weight excluding hydrogens is 558 g/mol. The number of rotatable bonds is 8. The second-order valence-electron chi connectivity index (χ2n) is 8.38. The Morgan fingerprint density at radius 1 is 1.11 bits per heavy atom. The van der Waals surface area contributed by atoms with Crippen LogP contribution in [0, 0.1) is 0 Å². The van der Waals surface area contributed by atoms with Crippen LogP contribution in [0.15, 0.2) is 82.9 Å². The van der Waals surface area contributed by atoms with Gasteiger partial charge in [-0.05, 0) is 53.6 Å². The highest BCUT2D eigenvalue weighted by Gasteiger charge is 2.32. The fraction of sp³-hybridized carbons (Fsp3) is 0.143. The van der Waals surface area contributed by atoms with E-state index in [4.69, 9.17) is 33.5 Å². The van der Waals surface area contributed by atoms with Crippen molar-refractivity contribution in [2.45, 2.75) is 17.3 Å². The molecule has 0 N–H and O–H groups in total. The van der Waals surface area contributed by atoms with E-state index in [0.717, 1.165) is 27.9 Å². The van der Waals surface area contributed by atoms with E-state index in [0.29, 0.717) is 25.2 Å². The van der Waals surface area contributed by atoms with Crippen LogP contribution < -0.4 is 4.74 Å². The summed E-state index contributed by atoms with van der Waals surface area (Å²) in [6.07, 6.45) is 1.91. The Balaban J connectivity index is 1.31. The number of methoxy groups -OCH3 is 1. The van der Waals surface area contributed by atoms with Crippen molar-refractivity contribution in [2.24, 2.45) is 0 Å². The molecule has 0 aliphatic carbocycles. The van der Waals surface area contributed by atoms with Gasteiger partial charge in [-0.3, -0.25) is 19.1 Å². The molecule has 1 amide bonds. The zero-order valence-corrected chi connectivity index (χ0v) is 23.5. The van der Waals surface area contributed by atoms with Gasteiger partial charge in [0.25, 0.3) is 5.91 Å². The Labute approximate surface area is 239 Å². The molecule has 5 rings (SSSR count). The zero-order chi connectivity index (χ0) is 26.6. The van der Waals surface area contributed by atoms with Crippen molar-refractivity contribution in [1.82, 2.24) is 14.5 Å². The number of ether oxygens (including phenoxy) is 1.